The average Bonchev–Trinajstić information content (AvgIpc) is 2.24. The van der Waals surface area contributed by atoms with E-state index in [-0.39, 0.29) is 5.91 Å². The zero-order valence-electron chi connectivity index (χ0n) is 10.0. The molecule has 0 saturated heterocycles. The Labute approximate surface area is 96.8 Å². The molecule has 0 aliphatic heterocycles. The Bertz CT molecular complexity index is 385. The minimum Gasteiger partial charge on any atom is -0.347 e. The smallest absolute Gasteiger partial charge is 0.220 e. The van der Waals surface area contributed by atoms with Gasteiger partial charge in [-0.1, -0.05) is 12.1 Å². The van der Waals surface area contributed by atoms with Crippen molar-refractivity contribution in [1.82, 2.24) is 5.32 Å². The summed E-state index contributed by atoms with van der Waals surface area (Å²) < 4.78 is 0. The molecule has 86 valence electrons. The predicted octanol–water partition coefficient (Wildman–Crippen LogP) is 2.43. The highest BCUT2D eigenvalue weighted by Crippen LogP contribution is 2.15. The molecule has 3 nitrogen and oxygen atoms in total. The van der Waals surface area contributed by atoms with Crippen molar-refractivity contribution >= 4 is 11.6 Å². The minimum atomic E-state index is -0.0588. The van der Waals surface area contributed by atoms with E-state index < -0.39 is 0 Å². The van der Waals surface area contributed by atoms with Crippen LogP contribution >= 0.6 is 0 Å². The molecule has 0 unspecified atom stereocenters. The summed E-state index contributed by atoms with van der Waals surface area (Å²) >= 11 is 0. The van der Waals surface area contributed by atoms with E-state index in [0.29, 0.717) is 0 Å². The van der Waals surface area contributed by atoms with Crippen molar-refractivity contribution in [2.75, 3.05) is 11.4 Å². The number of nitrogens with zero attached hydrogens (tertiary/aromatic N) is 1. The summed E-state index contributed by atoms with van der Waals surface area (Å²) in [5, 5.41) is 2.63. The zero-order chi connectivity index (χ0) is 12.0. The van der Waals surface area contributed by atoms with Gasteiger partial charge < -0.3 is 10.2 Å². The van der Waals surface area contributed by atoms with Crippen LogP contribution in [0.25, 0.3) is 0 Å². The Morgan fingerprint density at radius 3 is 2.81 bits per heavy atom. The third kappa shape index (κ3) is 3.77. The summed E-state index contributed by atoms with van der Waals surface area (Å²) in [6.07, 6.45) is 3.53. The molecular weight excluding hydrogens is 200 g/mol. The molecule has 0 aliphatic rings. The molecule has 0 spiro atoms. The first-order valence-electron chi connectivity index (χ1n) is 5.40. The largest absolute Gasteiger partial charge is 0.347 e. The predicted molar refractivity (Wildman–Crippen MR) is 67.2 cm³/mol. The Kier molecular flexibility index (Phi) is 4.58. The number of benzene rings is 1. The summed E-state index contributed by atoms with van der Waals surface area (Å²) in [4.78, 5) is 12.8. The third-order valence-corrected chi connectivity index (χ3v) is 2.22. The second kappa shape index (κ2) is 5.95. The molecule has 0 aliphatic carbocycles. The number of anilines is 1. The number of hydrogen-bond acceptors (Lipinski definition) is 2. The lowest BCUT2D eigenvalue weighted by Gasteiger charge is -2.18. The normalized spacial score (nSPS) is 10.4. The molecule has 0 fully saturated rings. The number of aryl methyl sites for hydroxylation is 1. The number of amides is 1. The highest BCUT2D eigenvalue weighted by Gasteiger charge is 1.99. The quantitative estimate of drug-likeness (QED) is 0.841. The van der Waals surface area contributed by atoms with Crippen LogP contribution in [0.2, 0.25) is 0 Å². The van der Waals surface area contributed by atoms with Gasteiger partial charge >= 0.3 is 0 Å². The first kappa shape index (κ1) is 12.3. The van der Waals surface area contributed by atoms with Gasteiger partial charge in [0.25, 0.3) is 0 Å². The molecule has 16 heavy (non-hydrogen) atoms. The fourth-order valence-electron chi connectivity index (χ4n) is 1.43. The Balaban J connectivity index is 2.74. The summed E-state index contributed by atoms with van der Waals surface area (Å²) in [6, 6.07) is 8.25. The lowest BCUT2D eigenvalue weighted by Crippen LogP contribution is -2.18. The average molecular weight is 218 g/mol. The van der Waals surface area contributed by atoms with E-state index in [0.717, 1.165) is 12.2 Å². The van der Waals surface area contributed by atoms with Gasteiger partial charge in [0.15, 0.2) is 0 Å². The topological polar surface area (TPSA) is 32.3 Å². The maximum absolute atomic E-state index is 10.7. The van der Waals surface area contributed by atoms with Crippen molar-refractivity contribution in [2.24, 2.45) is 0 Å². The molecule has 1 amide bonds. The maximum Gasteiger partial charge on any atom is 0.220 e. The van der Waals surface area contributed by atoms with E-state index in [2.05, 4.69) is 42.3 Å². The minimum absolute atomic E-state index is 0.0588. The fourth-order valence-corrected chi connectivity index (χ4v) is 1.43. The summed E-state index contributed by atoms with van der Waals surface area (Å²) in [6.45, 7) is 6.49. The molecule has 1 aromatic rings. The molecular formula is C13H18N2O. The van der Waals surface area contributed by atoms with Gasteiger partial charge in [0, 0.05) is 31.6 Å². The van der Waals surface area contributed by atoms with Gasteiger partial charge in [0.2, 0.25) is 5.91 Å². The maximum atomic E-state index is 10.7. The van der Waals surface area contributed by atoms with E-state index >= 15 is 0 Å². The third-order valence-electron chi connectivity index (χ3n) is 2.22. The van der Waals surface area contributed by atoms with E-state index in [1.54, 1.807) is 6.20 Å². The monoisotopic (exact) mass is 218 g/mol. The number of rotatable bonds is 4. The standard InChI is InChI=1S/C13H18N2O/c1-4-15(9-8-14-12(3)16)13-7-5-6-11(2)10-13/h5-10H,4H2,1-3H3,(H,14,16). The zero-order valence-corrected chi connectivity index (χ0v) is 10.0. The van der Waals surface area contributed by atoms with E-state index in [4.69, 9.17) is 0 Å². The van der Waals surface area contributed by atoms with Crippen LogP contribution in [0.1, 0.15) is 19.4 Å². The molecule has 0 saturated carbocycles. The van der Waals surface area contributed by atoms with E-state index in [1.165, 1.54) is 12.5 Å². The van der Waals surface area contributed by atoms with Crippen LogP contribution < -0.4 is 10.2 Å². The van der Waals surface area contributed by atoms with Crippen molar-refractivity contribution in [1.29, 1.82) is 0 Å². The first-order chi connectivity index (χ1) is 7.63. The van der Waals surface area contributed by atoms with Crippen LogP contribution in [0.5, 0.6) is 0 Å². The molecule has 1 rings (SSSR count). The summed E-state index contributed by atoms with van der Waals surface area (Å²) in [5.74, 6) is -0.0588. The van der Waals surface area contributed by atoms with Gasteiger partial charge in [0.1, 0.15) is 0 Å². The number of carbonyl (C=O) groups is 1. The van der Waals surface area contributed by atoms with Crippen molar-refractivity contribution in [3.8, 4) is 0 Å². The molecule has 0 radical (unpaired) electrons. The molecule has 1 aromatic carbocycles. The van der Waals surface area contributed by atoms with Gasteiger partial charge in [0.05, 0.1) is 0 Å². The molecule has 0 bridgehead atoms. The SMILES string of the molecule is CCN(C=CNC(C)=O)c1cccc(C)c1. The number of carbonyl (C=O) groups excluding carboxylic acids is 1. The van der Waals surface area contributed by atoms with Crippen molar-refractivity contribution in [3.05, 3.63) is 42.2 Å². The Morgan fingerprint density at radius 1 is 1.50 bits per heavy atom. The van der Waals surface area contributed by atoms with Crippen LogP contribution in [0, 0.1) is 6.92 Å². The first-order valence-corrected chi connectivity index (χ1v) is 5.40. The van der Waals surface area contributed by atoms with Crippen LogP contribution in [0.4, 0.5) is 5.69 Å². The molecule has 1 N–H and O–H groups in total. The summed E-state index contributed by atoms with van der Waals surface area (Å²) in [7, 11) is 0. The van der Waals surface area contributed by atoms with Gasteiger partial charge in [-0.05, 0) is 31.5 Å². The van der Waals surface area contributed by atoms with E-state index in [1.807, 2.05) is 12.3 Å². The number of nitrogens with one attached hydrogen (secondary N) is 1. The van der Waals surface area contributed by atoms with Crippen molar-refractivity contribution in [2.45, 2.75) is 20.8 Å². The molecule has 0 heterocycles. The van der Waals surface area contributed by atoms with Crippen molar-refractivity contribution < 1.29 is 4.79 Å². The van der Waals surface area contributed by atoms with Gasteiger partial charge in [-0.25, -0.2) is 0 Å². The van der Waals surface area contributed by atoms with Crippen LogP contribution in [0.15, 0.2) is 36.7 Å². The Morgan fingerprint density at radius 2 is 2.25 bits per heavy atom. The molecule has 0 atom stereocenters. The second-order valence-electron chi connectivity index (χ2n) is 3.64. The van der Waals surface area contributed by atoms with Crippen LogP contribution in [0.3, 0.4) is 0 Å². The highest BCUT2D eigenvalue weighted by atomic mass is 16.1. The highest BCUT2D eigenvalue weighted by molar-refractivity contribution is 5.74. The van der Waals surface area contributed by atoms with Gasteiger partial charge in [-0.2, -0.15) is 0 Å². The number of hydrogen-bond donors (Lipinski definition) is 1. The summed E-state index contributed by atoms with van der Waals surface area (Å²) in [5.41, 5.74) is 2.35. The lowest BCUT2D eigenvalue weighted by atomic mass is 10.2. The van der Waals surface area contributed by atoms with Crippen LogP contribution in [-0.4, -0.2) is 12.5 Å². The van der Waals surface area contributed by atoms with Crippen LogP contribution in [-0.2, 0) is 4.79 Å². The van der Waals surface area contributed by atoms with Gasteiger partial charge in [-0.15, -0.1) is 0 Å². The molecule has 0 aromatic heterocycles. The lowest BCUT2D eigenvalue weighted by molar-refractivity contribution is -0.118. The Hall–Kier alpha value is -1.77. The fraction of sp³-hybridized carbons (Fsp3) is 0.308. The van der Waals surface area contributed by atoms with Gasteiger partial charge in [-0.3, -0.25) is 4.79 Å². The second-order valence-corrected chi connectivity index (χ2v) is 3.64. The molecule has 3 heteroatoms. The van der Waals surface area contributed by atoms with Crippen molar-refractivity contribution in [3.63, 3.8) is 0 Å². The van der Waals surface area contributed by atoms with E-state index in [9.17, 15) is 4.79 Å².